The molecule has 21 heavy (non-hydrogen) atoms. The highest BCUT2D eigenvalue weighted by Crippen LogP contribution is 2.13. The van der Waals surface area contributed by atoms with Crippen molar-refractivity contribution in [2.75, 3.05) is 0 Å². The predicted molar refractivity (Wildman–Crippen MR) is 86.9 cm³/mol. The first-order valence-corrected chi connectivity index (χ1v) is 8.85. The number of carbonyl (C=O) groups is 1. The second-order valence-corrected chi connectivity index (χ2v) is 6.00. The molecule has 0 spiro atoms. The van der Waals surface area contributed by atoms with Gasteiger partial charge >= 0.3 is 5.91 Å². The predicted octanol–water partition coefficient (Wildman–Crippen LogP) is 5.66. The van der Waals surface area contributed by atoms with Gasteiger partial charge in [-0.15, -0.1) is 0 Å². The van der Waals surface area contributed by atoms with Crippen molar-refractivity contribution in [2.45, 2.75) is 103 Å². The first-order chi connectivity index (χ1) is 10.2. The number of unbranched alkanes of at least 4 members (excludes halogenated alkanes) is 13. The number of nitrogens with zero attached hydrogens (tertiary/aromatic N) is 1. The molecule has 0 aliphatic heterocycles. The molecule has 0 aromatic rings. The van der Waals surface area contributed by atoms with Crippen LogP contribution in [0.1, 0.15) is 103 Å². The molecule has 0 bridgehead atoms. The minimum Gasteiger partial charge on any atom is -0.256 e. The fourth-order valence-corrected chi connectivity index (χ4v) is 2.56. The molecule has 0 atom stereocenters. The molecule has 0 aromatic carbocycles. The van der Waals surface area contributed by atoms with Crippen LogP contribution in [0, 0.1) is 10.1 Å². The summed E-state index contributed by atoms with van der Waals surface area (Å²) in [5.41, 5.74) is 0. The fraction of sp³-hybridized carbons (Fsp3) is 0.941. The van der Waals surface area contributed by atoms with E-state index in [0.29, 0.717) is 6.42 Å². The summed E-state index contributed by atoms with van der Waals surface area (Å²) in [6.45, 7) is 2.25. The van der Waals surface area contributed by atoms with Crippen LogP contribution in [0.25, 0.3) is 0 Å². The summed E-state index contributed by atoms with van der Waals surface area (Å²) in [7, 11) is 0. The Morgan fingerprint density at radius 3 is 1.38 bits per heavy atom. The molecule has 0 saturated carbocycles. The third kappa shape index (κ3) is 15.3. The molecule has 0 rings (SSSR count). The molecule has 1 amide bonds. The molecular weight excluding hydrogens is 266 g/mol. The number of carbonyl (C=O) groups excluding carboxylic acids is 1. The van der Waals surface area contributed by atoms with Gasteiger partial charge in [0.25, 0.3) is 0 Å². The van der Waals surface area contributed by atoms with E-state index in [1.807, 2.05) is 0 Å². The van der Waals surface area contributed by atoms with Crippen molar-refractivity contribution >= 4 is 5.91 Å². The fourth-order valence-electron chi connectivity index (χ4n) is 2.56. The van der Waals surface area contributed by atoms with E-state index in [1.165, 1.54) is 70.6 Å². The first kappa shape index (κ1) is 20.1. The van der Waals surface area contributed by atoms with Crippen molar-refractivity contribution < 1.29 is 9.72 Å². The van der Waals surface area contributed by atoms with Gasteiger partial charge in [0.15, 0.2) is 0 Å². The highest BCUT2D eigenvalue weighted by atomic mass is 16.6. The summed E-state index contributed by atoms with van der Waals surface area (Å²) in [6.07, 6.45) is 17.6. The minimum absolute atomic E-state index is 0.102. The molecule has 0 aliphatic carbocycles. The maximum absolute atomic E-state index is 10.8. The van der Waals surface area contributed by atoms with Crippen molar-refractivity contribution in [1.29, 1.82) is 0 Å². The lowest BCUT2D eigenvalue weighted by Gasteiger charge is -2.02. The van der Waals surface area contributed by atoms with E-state index in [-0.39, 0.29) is 6.42 Å². The SMILES string of the molecule is CCCCCCCCCCCCCCCCC(=O)[N+](=O)[O-]. The van der Waals surface area contributed by atoms with Crippen LogP contribution >= 0.6 is 0 Å². The highest BCUT2D eigenvalue weighted by molar-refractivity contribution is 5.66. The quantitative estimate of drug-likeness (QED) is 0.223. The Labute approximate surface area is 129 Å². The van der Waals surface area contributed by atoms with E-state index in [4.69, 9.17) is 0 Å². The van der Waals surface area contributed by atoms with Gasteiger partial charge in [0.2, 0.25) is 0 Å². The van der Waals surface area contributed by atoms with Gasteiger partial charge in [-0.25, -0.2) is 4.79 Å². The maximum atomic E-state index is 10.8. The molecule has 0 fully saturated rings. The maximum Gasteiger partial charge on any atom is 0.444 e. The minimum atomic E-state index is -0.839. The molecule has 0 unspecified atom stereocenters. The summed E-state index contributed by atoms with van der Waals surface area (Å²) in [5.74, 6) is -0.839. The van der Waals surface area contributed by atoms with Crippen molar-refractivity contribution in [2.24, 2.45) is 0 Å². The van der Waals surface area contributed by atoms with Gasteiger partial charge in [0.1, 0.15) is 4.92 Å². The van der Waals surface area contributed by atoms with Gasteiger partial charge < -0.3 is 0 Å². The second kappa shape index (κ2) is 15.5. The Morgan fingerprint density at radius 2 is 1.05 bits per heavy atom. The van der Waals surface area contributed by atoms with Crippen LogP contribution in [0.5, 0.6) is 0 Å². The Kier molecular flexibility index (Phi) is 14.8. The zero-order valence-electron chi connectivity index (χ0n) is 13.8. The van der Waals surface area contributed by atoms with Gasteiger partial charge in [-0.05, 0) is 6.42 Å². The van der Waals surface area contributed by atoms with Crippen LogP contribution in [0.4, 0.5) is 0 Å². The van der Waals surface area contributed by atoms with E-state index < -0.39 is 10.8 Å². The number of nitro groups is 1. The standard InChI is InChI=1S/C17H33NO3/c1-2-3-4-5-6-7-8-9-10-11-12-13-14-15-16-17(19)18(20)21/h2-16H2,1H3. The molecule has 0 aromatic heterocycles. The summed E-state index contributed by atoms with van der Waals surface area (Å²) in [5, 5.41) is 10.1. The van der Waals surface area contributed by atoms with Crippen LogP contribution in [0.15, 0.2) is 0 Å². The number of hydrogen-bond acceptors (Lipinski definition) is 3. The molecule has 4 nitrogen and oxygen atoms in total. The Bertz CT molecular complexity index is 267. The third-order valence-corrected chi connectivity index (χ3v) is 3.95. The van der Waals surface area contributed by atoms with E-state index in [1.54, 1.807) is 0 Å². The molecule has 0 heterocycles. The van der Waals surface area contributed by atoms with Gasteiger partial charge in [0.05, 0.1) is 6.42 Å². The molecule has 4 heteroatoms. The van der Waals surface area contributed by atoms with Crippen molar-refractivity contribution in [3.8, 4) is 0 Å². The molecule has 0 saturated heterocycles. The average molecular weight is 299 g/mol. The Balaban J connectivity index is 3.06. The van der Waals surface area contributed by atoms with Crippen molar-refractivity contribution in [3.05, 3.63) is 10.1 Å². The van der Waals surface area contributed by atoms with Crippen LogP contribution in [-0.2, 0) is 4.79 Å². The molecule has 0 aliphatic rings. The summed E-state index contributed by atoms with van der Waals surface area (Å²) in [4.78, 5) is 20.1. The molecule has 0 N–H and O–H groups in total. The Morgan fingerprint density at radius 1 is 0.714 bits per heavy atom. The third-order valence-electron chi connectivity index (χ3n) is 3.95. The molecule has 0 radical (unpaired) electrons. The van der Waals surface area contributed by atoms with Gasteiger partial charge in [-0.1, -0.05) is 90.4 Å². The van der Waals surface area contributed by atoms with Crippen molar-refractivity contribution in [1.82, 2.24) is 0 Å². The molecule has 124 valence electrons. The number of rotatable bonds is 15. The number of hydrogen-bond donors (Lipinski definition) is 0. The van der Waals surface area contributed by atoms with E-state index in [2.05, 4.69) is 6.92 Å². The zero-order chi connectivity index (χ0) is 15.8. The number of amides is 1. The Hall–Kier alpha value is -0.930. The van der Waals surface area contributed by atoms with Gasteiger partial charge in [-0.3, -0.25) is 10.1 Å². The summed E-state index contributed by atoms with van der Waals surface area (Å²) in [6, 6.07) is 0. The van der Waals surface area contributed by atoms with E-state index in [0.717, 1.165) is 12.8 Å². The first-order valence-electron chi connectivity index (χ1n) is 8.85. The summed E-state index contributed by atoms with van der Waals surface area (Å²) >= 11 is 0. The lowest BCUT2D eigenvalue weighted by atomic mass is 10.0. The smallest absolute Gasteiger partial charge is 0.256 e. The summed E-state index contributed by atoms with van der Waals surface area (Å²) < 4.78 is 0. The van der Waals surface area contributed by atoms with Crippen LogP contribution in [-0.4, -0.2) is 10.8 Å². The van der Waals surface area contributed by atoms with Gasteiger partial charge in [-0.2, -0.15) is 0 Å². The highest BCUT2D eigenvalue weighted by Gasteiger charge is 2.12. The second-order valence-electron chi connectivity index (χ2n) is 6.00. The van der Waals surface area contributed by atoms with Crippen molar-refractivity contribution in [3.63, 3.8) is 0 Å². The van der Waals surface area contributed by atoms with E-state index in [9.17, 15) is 14.9 Å². The van der Waals surface area contributed by atoms with Gasteiger partial charge in [0, 0.05) is 0 Å². The molecular formula is C17H33NO3. The topological polar surface area (TPSA) is 60.2 Å². The zero-order valence-corrected chi connectivity index (χ0v) is 13.8. The largest absolute Gasteiger partial charge is 0.444 e. The monoisotopic (exact) mass is 299 g/mol. The normalized spacial score (nSPS) is 10.7. The van der Waals surface area contributed by atoms with Crippen LogP contribution in [0.3, 0.4) is 0 Å². The lowest BCUT2D eigenvalue weighted by Crippen LogP contribution is -2.10. The van der Waals surface area contributed by atoms with E-state index >= 15 is 0 Å². The lowest BCUT2D eigenvalue weighted by molar-refractivity contribution is -0.402. The average Bonchev–Trinajstić information content (AvgIpc) is 2.47. The van der Waals surface area contributed by atoms with Crippen LogP contribution in [0.2, 0.25) is 0 Å². The van der Waals surface area contributed by atoms with Crippen LogP contribution < -0.4 is 0 Å².